The van der Waals surface area contributed by atoms with Crippen LogP contribution in [-0.4, -0.2) is 21.9 Å². The van der Waals surface area contributed by atoms with Crippen LogP contribution in [0.5, 0.6) is 5.75 Å². The quantitative estimate of drug-likeness (QED) is 0.273. The van der Waals surface area contributed by atoms with Gasteiger partial charge in [-0.3, -0.25) is 4.79 Å². The maximum Gasteiger partial charge on any atom is 0.221 e. The summed E-state index contributed by atoms with van der Waals surface area (Å²) in [5, 5.41) is 0.665. The number of fused-ring (bicyclic) bond motifs is 1. The van der Waals surface area contributed by atoms with E-state index in [4.69, 9.17) is 16.3 Å². The second kappa shape index (κ2) is 8.97. The largest absolute Gasteiger partial charge is 0.494 e. The van der Waals surface area contributed by atoms with E-state index in [0.29, 0.717) is 24.0 Å². The third-order valence-electron chi connectivity index (χ3n) is 4.78. The van der Waals surface area contributed by atoms with Gasteiger partial charge in [-0.1, -0.05) is 60.1 Å². The first-order chi connectivity index (χ1) is 14.7. The van der Waals surface area contributed by atoms with Gasteiger partial charge in [-0.15, -0.1) is 0 Å². The van der Waals surface area contributed by atoms with Crippen LogP contribution in [0.2, 0.25) is 5.02 Å². The van der Waals surface area contributed by atoms with Gasteiger partial charge in [0, 0.05) is 5.02 Å². The SMILES string of the molecule is CCOc1ccc(/C=C/C(=O)c2nc3ccccc3n2Cc2ccccc2Cl)cc1. The van der Waals surface area contributed by atoms with Crippen LogP contribution in [0, 0.1) is 0 Å². The second-order valence-corrected chi connectivity index (χ2v) is 7.21. The minimum absolute atomic E-state index is 0.160. The first-order valence-corrected chi connectivity index (χ1v) is 10.2. The van der Waals surface area contributed by atoms with E-state index in [1.54, 1.807) is 12.2 Å². The fourth-order valence-corrected chi connectivity index (χ4v) is 3.50. The number of halogens is 1. The lowest BCUT2D eigenvalue weighted by molar-refractivity contribution is 0.103. The number of allylic oxidation sites excluding steroid dienone is 1. The number of para-hydroxylation sites is 2. The molecule has 1 heterocycles. The normalized spacial score (nSPS) is 11.3. The van der Waals surface area contributed by atoms with Crippen LogP contribution >= 0.6 is 11.6 Å². The number of ketones is 1. The second-order valence-electron chi connectivity index (χ2n) is 6.80. The van der Waals surface area contributed by atoms with Gasteiger partial charge in [0.1, 0.15) is 5.75 Å². The molecule has 0 aliphatic rings. The average Bonchev–Trinajstić information content (AvgIpc) is 3.13. The molecular weight excluding hydrogens is 396 g/mol. The Labute approximate surface area is 180 Å². The summed E-state index contributed by atoms with van der Waals surface area (Å²) in [4.78, 5) is 17.6. The molecule has 150 valence electrons. The lowest BCUT2D eigenvalue weighted by Crippen LogP contribution is -2.10. The molecular formula is C25H21ClN2O2. The number of benzene rings is 3. The average molecular weight is 417 g/mol. The summed E-state index contributed by atoms with van der Waals surface area (Å²) in [5.74, 6) is 1.04. The summed E-state index contributed by atoms with van der Waals surface area (Å²) in [6.07, 6.45) is 3.34. The van der Waals surface area contributed by atoms with E-state index in [-0.39, 0.29) is 5.78 Å². The fourth-order valence-electron chi connectivity index (χ4n) is 3.31. The summed E-state index contributed by atoms with van der Waals surface area (Å²) >= 11 is 6.36. The maximum absolute atomic E-state index is 13.0. The van der Waals surface area contributed by atoms with Crippen molar-refractivity contribution in [2.45, 2.75) is 13.5 Å². The Morgan fingerprint density at radius 3 is 2.53 bits per heavy atom. The predicted octanol–water partition coefficient (Wildman–Crippen LogP) is 6.03. The van der Waals surface area contributed by atoms with Crippen LogP contribution in [0.15, 0.2) is 78.9 Å². The highest BCUT2D eigenvalue weighted by atomic mass is 35.5. The lowest BCUT2D eigenvalue weighted by Gasteiger charge is -2.09. The van der Waals surface area contributed by atoms with E-state index in [1.165, 1.54) is 0 Å². The number of hydrogen-bond donors (Lipinski definition) is 0. The zero-order valence-electron chi connectivity index (χ0n) is 16.6. The first kappa shape index (κ1) is 19.9. The van der Waals surface area contributed by atoms with Crippen LogP contribution in [0.4, 0.5) is 0 Å². The van der Waals surface area contributed by atoms with Crippen molar-refractivity contribution in [3.05, 3.63) is 101 Å². The van der Waals surface area contributed by atoms with E-state index in [2.05, 4.69) is 4.98 Å². The summed E-state index contributed by atoms with van der Waals surface area (Å²) in [6, 6.07) is 23.0. The molecule has 0 spiro atoms. The molecule has 3 aromatic carbocycles. The number of hydrogen-bond acceptors (Lipinski definition) is 3. The number of ether oxygens (including phenoxy) is 1. The highest BCUT2D eigenvalue weighted by molar-refractivity contribution is 6.31. The molecule has 0 saturated carbocycles. The molecule has 0 atom stereocenters. The van der Waals surface area contributed by atoms with Crippen LogP contribution in [0.25, 0.3) is 17.1 Å². The van der Waals surface area contributed by atoms with Gasteiger partial charge in [-0.2, -0.15) is 0 Å². The highest BCUT2D eigenvalue weighted by Crippen LogP contribution is 2.22. The standard InChI is InChI=1S/C25H21ClN2O2/c1-2-30-20-14-11-18(12-15-20)13-16-24(29)25-27-22-9-5-6-10-23(22)28(25)17-19-7-3-4-8-21(19)26/h3-16H,2,17H2,1H3/b16-13+. The smallest absolute Gasteiger partial charge is 0.221 e. The van der Waals surface area contributed by atoms with Crippen molar-refractivity contribution < 1.29 is 9.53 Å². The number of carbonyl (C=O) groups excluding carboxylic acids is 1. The van der Waals surface area contributed by atoms with E-state index in [0.717, 1.165) is 27.9 Å². The molecule has 0 amide bonds. The van der Waals surface area contributed by atoms with Crippen molar-refractivity contribution in [3.63, 3.8) is 0 Å². The van der Waals surface area contributed by atoms with Crippen LogP contribution in [0.3, 0.4) is 0 Å². The third kappa shape index (κ3) is 4.29. The number of carbonyl (C=O) groups is 1. The van der Waals surface area contributed by atoms with Gasteiger partial charge in [0.2, 0.25) is 5.78 Å². The molecule has 0 aliphatic heterocycles. The number of nitrogens with zero attached hydrogens (tertiary/aromatic N) is 2. The molecule has 0 N–H and O–H groups in total. The van der Waals surface area contributed by atoms with Gasteiger partial charge in [0.15, 0.2) is 5.82 Å². The molecule has 4 nitrogen and oxygen atoms in total. The molecule has 4 aromatic rings. The fraction of sp³-hybridized carbons (Fsp3) is 0.120. The molecule has 0 unspecified atom stereocenters. The molecule has 0 fully saturated rings. The maximum atomic E-state index is 13.0. The van der Waals surface area contributed by atoms with Crippen molar-refractivity contribution >= 4 is 34.5 Å². The molecule has 1 aromatic heterocycles. The van der Waals surface area contributed by atoms with Gasteiger partial charge in [0.05, 0.1) is 24.2 Å². The van der Waals surface area contributed by atoms with Gasteiger partial charge in [0.25, 0.3) is 0 Å². The zero-order valence-corrected chi connectivity index (χ0v) is 17.3. The molecule has 4 rings (SSSR count). The van der Waals surface area contributed by atoms with Crippen molar-refractivity contribution in [2.75, 3.05) is 6.61 Å². The molecule has 5 heteroatoms. The Bertz CT molecular complexity index is 1210. The Kier molecular flexibility index (Phi) is 5.96. The van der Waals surface area contributed by atoms with Crippen LogP contribution in [-0.2, 0) is 6.54 Å². The Hall–Kier alpha value is -3.37. The Balaban J connectivity index is 1.66. The zero-order chi connectivity index (χ0) is 20.9. The molecule has 0 saturated heterocycles. The number of rotatable bonds is 7. The topological polar surface area (TPSA) is 44.1 Å². The van der Waals surface area contributed by atoms with Gasteiger partial charge in [-0.05, 0) is 54.5 Å². The van der Waals surface area contributed by atoms with E-state index >= 15 is 0 Å². The van der Waals surface area contributed by atoms with Crippen molar-refractivity contribution in [2.24, 2.45) is 0 Å². The van der Waals surface area contributed by atoms with Gasteiger partial charge >= 0.3 is 0 Å². The predicted molar refractivity (Wildman–Crippen MR) is 121 cm³/mol. The van der Waals surface area contributed by atoms with Gasteiger partial charge in [-0.25, -0.2) is 4.98 Å². The highest BCUT2D eigenvalue weighted by Gasteiger charge is 2.16. The van der Waals surface area contributed by atoms with Crippen molar-refractivity contribution in [3.8, 4) is 5.75 Å². The molecule has 0 radical (unpaired) electrons. The van der Waals surface area contributed by atoms with E-state index in [1.807, 2.05) is 84.3 Å². The van der Waals surface area contributed by atoms with Gasteiger partial charge < -0.3 is 9.30 Å². The molecule has 30 heavy (non-hydrogen) atoms. The van der Waals surface area contributed by atoms with E-state index < -0.39 is 0 Å². The van der Waals surface area contributed by atoms with Crippen LogP contribution < -0.4 is 4.74 Å². The summed E-state index contributed by atoms with van der Waals surface area (Å²) < 4.78 is 7.37. The lowest BCUT2D eigenvalue weighted by atomic mass is 10.2. The monoisotopic (exact) mass is 416 g/mol. The Morgan fingerprint density at radius 1 is 1.03 bits per heavy atom. The number of aromatic nitrogens is 2. The van der Waals surface area contributed by atoms with E-state index in [9.17, 15) is 4.79 Å². The minimum atomic E-state index is -0.160. The molecule has 0 bridgehead atoms. The summed E-state index contributed by atoms with van der Waals surface area (Å²) in [6.45, 7) is 3.04. The van der Waals surface area contributed by atoms with Crippen molar-refractivity contribution in [1.82, 2.24) is 9.55 Å². The first-order valence-electron chi connectivity index (χ1n) is 9.79. The summed E-state index contributed by atoms with van der Waals surface area (Å²) in [5.41, 5.74) is 3.53. The summed E-state index contributed by atoms with van der Waals surface area (Å²) in [7, 11) is 0. The molecule has 0 aliphatic carbocycles. The third-order valence-corrected chi connectivity index (χ3v) is 5.15. The minimum Gasteiger partial charge on any atom is -0.494 e. The number of imidazole rings is 1. The van der Waals surface area contributed by atoms with Crippen molar-refractivity contribution in [1.29, 1.82) is 0 Å². The van der Waals surface area contributed by atoms with Crippen LogP contribution in [0.1, 0.15) is 28.7 Å². The Morgan fingerprint density at radius 2 is 1.77 bits per heavy atom.